The van der Waals surface area contributed by atoms with Crippen LogP contribution < -0.4 is 10.1 Å². The second kappa shape index (κ2) is 5.56. The van der Waals surface area contributed by atoms with Gasteiger partial charge in [-0.3, -0.25) is 0 Å². The van der Waals surface area contributed by atoms with E-state index in [0.717, 1.165) is 36.8 Å². The Balaban J connectivity index is 1.65. The number of aromatic nitrogens is 1. The molecule has 2 fully saturated rings. The molecule has 2 aliphatic rings. The molecule has 0 radical (unpaired) electrons. The third-order valence-corrected chi connectivity index (χ3v) is 4.52. The second-order valence-corrected chi connectivity index (χ2v) is 6.42. The van der Waals surface area contributed by atoms with Crippen LogP contribution >= 0.6 is 27.5 Å². The van der Waals surface area contributed by atoms with Crippen LogP contribution in [-0.4, -0.2) is 36.4 Å². The van der Waals surface area contributed by atoms with Gasteiger partial charge in [-0.25, -0.2) is 4.98 Å². The quantitative estimate of drug-likeness (QED) is 0.893. The Morgan fingerprint density at radius 2 is 2.26 bits per heavy atom. The van der Waals surface area contributed by atoms with Gasteiger partial charge >= 0.3 is 0 Å². The first-order valence-corrected chi connectivity index (χ1v) is 7.66. The highest BCUT2D eigenvalue weighted by Crippen LogP contribution is 2.36. The maximum absolute atomic E-state index is 6.00. The number of piperidine rings is 1. The van der Waals surface area contributed by atoms with Crippen molar-refractivity contribution in [3.63, 3.8) is 0 Å². The maximum atomic E-state index is 6.00. The lowest BCUT2D eigenvalue weighted by molar-refractivity contribution is -0.0206. The van der Waals surface area contributed by atoms with Crippen molar-refractivity contribution in [3.8, 4) is 5.88 Å². The van der Waals surface area contributed by atoms with Gasteiger partial charge in [0.25, 0.3) is 0 Å². The van der Waals surface area contributed by atoms with Crippen molar-refractivity contribution < 1.29 is 9.47 Å². The zero-order valence-electron chi connectivity index (χ0n) is 10.5. The summed E-state index contributed by atoms with van der Waals surface area (Å²) in [5.41, 5.74) is 0.00875. The molecule has 3 rings (SSSR count). The van der Waals surface area contributed by atoms with E-state index in [4.69, 9.17) is 21.1 Å². The van der Waals surface area contributed by atoms with Gasteiger partial charge < -0.3 is 14.8 Å². The third kappa shape index (κ3) is 3.05. The molecule has 0 aliphatic carbocycles. The van der Waals surface area contributed by atoms with Crippen LogP contribution in [0.3, 0.4) is 0 Å². The monoisotopic (exact) mass is 346 g/mol. The molecule has 104 valence electrons. The average molecular weight is 348 g/mol. The van der Waals surface area contributed by atoms with Crippen molar-refractivity contribution in [2.75, 3.05) is 19.7 Å². The molecule has 1 spiro atoms. The number of nitrogens with one attached hydrogen (secondary N) is 1. The average Bonchev–Trinajstić information content (AvgIpc) is 2.77. The van der Waals surface area contributed by atoms with Crippen LogP contribution in [0.25, 0.3) is 0 Å². The molecule has 6 heteroatoms. The topological polar surface area (TPSA) is 43.4 Å². The summed E-state index contributed by atoms with van der Waals surface area (Å²) in [5, 5.41) is 3.95. The first-order chi connectivity index (χ1) is 9.17. The fraction of sp³-hybridized carbons (Fsp3) is 0.615. The van der Waals surface area contributed by atoms with Gasteiger partial charge in [-0.1, -0.05) is 11.6 Å². The van der Waals surface area contributed by atoms with Crippen molar-refractivity contribution in [3.05, 3.63) is 21.8 Å². The second-order valence-electron chi connectivity index (χ2n) is 5.13. The minimum Gasteiger partial charge on any atom is -0.471 e. The van der Waals surface area contributed by atoms with Crippen molar-refractivity contribution in [1.29, 1.82) is 0 Å². The minimum atomic E-state index is 0.00875. The van der Waals surface area contributed by atoms with Crippen LogP contribution in [-0.2, 0) is 4.74 Å². The Bertz CT molecular complexity index is 466. The summed E-state index contributed by atoms with van der Waals surface area (Å²) in [6.45, 7) is 2.68. The number of pyridine rings is 1. The molecule has 0 aromatic carbocycles. The van der Waals surface area contributed by atoms with E-state index in [2.05, 4.69) is 26.2 Å². The van der Waals surface area contributed by atoms with Crippen molar-refractivity contribution in [2.45, 2.75) is 31.0 Å². The lowest BCUT2D eigenvalue weighted by Gasteiger charge is -2.32. The van der Waals surface area contributed by atoms with Gasteiger partial charge in [-0.15, -0.1) is 0 Å². The number of ether oxygens (including phenoxy) is 2. The maximum Gasteiger partial charge on any atom is 0.228 e. The highest BCUT2D eigenvalue weighted by Gasteiger charge is 2.42. The van der Waals surface area contributed by atoms with Gasteiger partial charge in [0, 0.05) is 12.6 Å². The van der Waals surface area contributed by atoms with E-state index >= 15 is 0 Å². The van der Waals surface area contributed by atoms with Gasteiger partial charge in [0.15, 0.2) is 0 Å². The van der Waals surface area contributed by atoms with E-state index in [9.17, 15) is 0 Å². The van der Waals surface area contributed by atoms with E-state index in [1.165, 1.54) is 0 Å². The summed E-state index contributed by atoms with van der Waals surface area (Å²) in [4.78, 5) is 4.21. The normalized spacial score (nSPS) is 25.7. The number of halogens is 2. The number of hydrogen-bond acceptors (Lipinski definition) is 4. The van der Waals surface area contributed by atoms with Crippen molar-refractivity contribution in [2.24, 2.45) is 0 Å². The predicted octanol–water partition coefficient (Wildman–Crippen LogP) is 2.79. The van der Waals surface area contributed by atoms with Gasteiger partial charge in [-0.05, 0) is 47.9 Å². The predicted molar refractivity (Wildman–Crippen MR) is 76.8 cm³/mol. The smallest absolute Gasteiger partial charge is 0.228 e. The van der Waals surface area contributed by atoms with Crippen molar-refractivity contribution in [1.82, 2.24) is 10.3 Å². The molecular formula is C13H16BrClN2O2. The first kappa shape index (κ1) is 13.6. The highest BCUT2D eigenvalue weighted by atomic mass is 79.9. The molecule has 1 atom stereocenters. The first-order valence-electron chi connectivity index (χ1n) is 6.49. The van der Waals surface area contributed by atoms with Gasteiger partial charge in [-0.2, -0.15) is 0 Å². The summed E-state index contributed by atoms with van der Waals surface area (Å²) >= 11 is 9.29. The summed E-state index contributed by atoms with van der Waals surface area (Å²) < 4.78 is 12.7. The Morgan fingerprint density at radius 3 is 3.00 bits per heavy atom. The van der Waals surface area contributed by atoms with E-state index in [1.54, 1.807) is 12.3 Å². The summed E-state index contributed by atoms with van der Waals surface area (Å²) in [7, 11) is 0. The molecule has 2 aliphatic heterocycles. The Labute approximate surface area is 126 Å². The third-order valence-electron chi connectivity index (χ3n) is 3.74. The molecule has 3 heterocycles. The van der Waals surface area contributed by atoms with Crippen LogP contribution in [0.4, 0.5) is 0 Å². The minimum absolute atomic E-state index is 0.00875. The Hall–Kier alpha value is -0.360. The summed E-state index contributed by atoms with van der Waals surface area (Å²) in [6.07, 6.45) is 4.72. The molecular weight excluding hydrogens is 332 g/mol. The van der Waals surface area contributed by atoms with Crippen LogP contribution in [0, 0.1) is 0 Å². The van der Waals surface area contributed by atoms with Crippen LogP contribution in [0.2, 0.25) is 5.02 Å². The van der Waals surface area contributed by atoms with E-state index in [1.807, 2.05) is 0 Å². The number of nitrogens with zero attached hydrogens (tertiary/aromatic N) is 1. The van der Waals surface area contributed by atoms with Crippen LogP contribution in [0.1, 0.15) is 19.3 Å². The molecule has 0 amide bonds. The number of rotatable bonds is 2. The SMILES string of the molecule is Clc1cnc(OC2COC3(CCNCC3)C2)c(Br)c1. The van der Waals surface area contributed by atoms with Crippen molar-refractivity contribution >= 4 is 27.5 Å². The van der Waals surface area contributed by atoms with E-state index < -0.39 is 0 Å². The zero-order valence-corrected chi connectivity index (χ0v) is 12.8. The number of hydrogen-bond donors (Lipinski definition) is 1. The Morgan fingerprint density at radius 1 is 1.47 bits per heavy atom. The van der Waals surface area contributed by atoms with Crippen LogP contribution in [0.5, 0.6) is 5.88 Å². The van der Waals surface area contributed by atoms with Gasteiger partial charge in [0.2, 0.25) is 5.88 Å². The molecule has 1 N–H and O–H groups in total. The van der Waals surface area contributed by atoms with Crippen LogP contribution in [0.15, 0.2) is 16.7 Å². The standard InChI is InChI=1S/C13H16BrClN2O2/c14-11-5-9(15)7-17-12(11)19-10-6-13(18-8-10)1-3-16-4-2-13/h5,7,10,16H,1-4,6,8H2. The highest BCUT2D eigenvalue weighted by molar-refractivity contribution is 9.10. The molecule has 0 bridgehead atoms. The molecule has 4 nitrogen and oxygen atoms in total. The lowest BCUT2D eigenvalue weighted by Crippen LogP contribution is -2.41. The fourth-order valence-corrected chi connectivity index (χ4v) is 3.49. The summed E-state index contributed by atoms with van der Waals surface area (Å²) in [6, 6.07) is 1.79. The van der Waals surface area contributed by atoms with Gasteiger partial charge in [0.1, 0.15) is 6.10 Å². The van der Waals surface area contributed by atoms with Gasteiger partial charge in [0.05, 0.1) is 21.7 Å². The molecule has 0 saturated carbocycles. The Kier molecular flexibility index (Phi) is 3.98. The zero-order chi connectivity index (χ0) is 13.3. The molecule has 1 unspecified atom stereocenters. The molecule has 1 aromatic rings. The van der Waals surface area contributed by atoms with E-state index in [0.29, 0.717) is 17.5 Å². The lowest BCUT2D eigenvalue weighted by atomic mass is 9.89. The van der Waals surface area contributed by atoms with E-state index in [-0.39, 0.29) is 11.7 Å². The largest absolute Gasteiger partial charge is 0.471 e. The molecule has 2 saturated heterocycles. The summed E-state index contributed by atoms with van der Waals surface area (Å²) in [5.74, 6) is 0.587. The molecule has 19 heavy (non-hydrogen) atoms. The fourth-order valence-electron chi connectivity index (χ4n) is 2.76. The molecule has 1 aromatic heterocycles.